The summed E-state index contributed by atoms with van der Waals surface area (Å²) >= 11 is 0. The van der Waals surface area contributed by atoms with E-state index >= 15 is 0 Å². The first kappa shape index (κ1) is 15.3. The monoisotopic (exact) mass is 279 g/mol. The molecule has 1 saturated heterocycles. The Bertz CT molecular complexity index is 555. The summed E-state index contributed by atoms with van der Waals surface area (Å²) in [4.78, 5) is 14.9. The van der Waals surface area contributed by atoms with Crippen molar-refractivity contribution in [3.05, 3.63) is 28.2 Å². The van der Waals surface area contributed by atoms with Gasteiger partial charge in [0.15, 0.2) is 0 Å². The SMILES string of the molecule is CC(C)(O)c1ccc(B2OC(C)(C)C(C)(C)O2)c(=O)[nH]1. The lowest BCUT2D eigenvalue weighted by molar-refractivity contribution is 0.00578. The molecule has 0 unspecified atom stereocenters. The first-order valence-corrected chi connectivity index (χ1v) is 6.76. The van der Waals surface area contributed by atoms with E-state index in [0.29, 0.717) is 11.2 Å². The minimum absolute atomic E-state index is 0.303. The number of nitrogens with one attached hydrogen (secondary N) is 1. The molecule has 20 heavy (non-hydrogen) atoms. The molecule has 110 valence electrons. The minimum Gasteiger partial charge on any atom is -0.399 e. The molecule has 0 bridgehead atoms. The number of aromatic amines is 1. The van der Waals surface area contributed by atoms with Crippen LogP contribution in [-0.4, -0.2) is 28.4 Å². The maximum absolute atomic E-state index is 12.2. The fourth-order valence-corrected chi connectivity index (χ4v) is 2.00. The molecule has 0 amide bonds. The van der Waals surface area contributed by atoms with Crippen LogP contribution >= 0.6 is 0 Å². The standard InChI is InChI=1S/C14H22BNO4/c1-12(2,18)10-8-7-9(11(17)16-10)15-19-13(3,4)14(5,6)20-15/h7-8,18H,1-6H3,(H,16,17). The molecular formula is C14H22BNO4. The Morgan fingerprint density at radius 1 is 1.15 bits per heavy atom. The number of H-pyrrole nitrogens is 1. The molecule has 2 N–H and O–H groups in total. The van der Waals surface area contributed by atoms with Crippen LogP contribution in [-0.2, 0) is 14.9 Å². The zero-order chi connectivity index (χ0) is 15.3. The third-order valence-electron chi connectivity index (χ3n) is 4.11. The lowest BCUT2D eigenvalue weighted by Crippen LogP contribution is -2.45. The Morgan fingerprint density at radius 3 is 2.05 bits per heavy atom. The Hall–Kier alpha value is -1.11. The van der Waals surface area contributed by atoms with Gasteiger partial charge in [0.05, 0.1) is 16.8 Å². The molecule has 0 spiro atoms. The van der Waals surface area contributed by atoms with E-state index in [1.54, 1.807) is 26.0 Å². The number of pyridine rings is 1. The lowest BCUT2D eigenvalue weighted by atomic mass is 9.79. The van der Waals surface area contributed by atoms with Crippen LogP contribution < -0.4 is 11.0 Å². The largest absolute Gasteiger partial charge is 0.500 e. The van der Waals surface area contributed by atoms with Crippen molar-refractivity contribution in [1.29, 1.82) is 0 Å². The highest BCUT2D eigenvalue weighted by molar-refractivity contribution is 6.61. The van der Waals surface area contributed by atoms with E-state index in [-0.39, 0.29) is 5.56 Å². The van der Waals surface area contributed by atoms with Gasteiger partial charge in [0.25, 0.3) is 0 Å². The van der Waals surface area contributed by atoms with Gasteiger partial charge in [-0.15, -0.1) is 0 Å². The van der Waals surface area contributed by atoms with Gasteiger partial charge >= 0.3 is 7.12 Å². The van der Waals surface area contributed by atoms with Gasteiger partial charge in [-0.25, -0.2) is 0 Å². The van der Waals surface area contributed by atoms with E-state index in [2.05, 4.69) is 4.98 Å². The van der Waals surface area contributed by atoms with Gasteiger partial charge in [0.2, 0.25) is 5.56 Å². The molecule has 5 nitrogen and oxygen atoms in total. The molecular weight excluding hydrogens is 257 g/mol. The van der Waals surface area contributed by atoms with Gasteiger partial charge in [-0.1, -0.05) is 6.07 Å². The summed E-state index contributed by atoms with van der Waals surface area (Å²) in [6.07, 6.45) is 0. The molecule has 1 aliphatic heterocycles. The van der Waals surface area contributed by atoms with E-state index in [4.69, 9.17) is 9.31 Å². The van der Waals surface area contributed by atoms with Gasteiger partial charge in [0, 0.05) is 11.2 Å². The maximum atomic E-state index is 12.2. The molecule has 2 rings (SSSR count). The number of hydrogen-bond acceptors (Lipinski definition) is 4. The highest BCUT2D eigenvalue weighted by atomic mass is 16.7. The predicted octanol–water partition coefficient (Wildman–Crippen LogP) is 0.901. The van der Waals surface area contributed by atoms with Crippen LogP contribution in [0.25, 0.3) is 0 Å². The van der Waals surface area contributed by atoms with Crippen molar-refractivity contribution >= 4 is 12.6 Å². The number of aliphatic hydroxyl groups is 1. The van der Waals surface area contributed by atoms with E-state index < -0.39 is 23.9 Å². The molecule has 1 aliphatic rings. The smallest absolute Gasteiger partial charge is 0.399 e. The van der Waals surface area contributed by atoms with Crippen LogP contribution in [0.15, 0.2) is 16.9 Å². The third-order valence-corrected chi connectivity index (χ3v) is 4.11. The van der Waals surface area contributed by atoms with Crippen LogP contribution in [0.1, 0.15) is 47.2 Å². The van der Waals surface area contributed by atoms with Crippen molar-refractivity contribution < 1.29 is 14.4 Å². The number of rotatable bonds is 2. The first-order valence-electron chi connectivity index (χ1n) is 6.76. The molecule has 1 fully saturated rings. The van der Waals surface area contributed by atoms with Crippen LogP contribution in [0, 0.1) is 0 Å². The van der Waals surface area contributed by atoms with Crippen LogP contribution in [0.4, 0.5) is 0 Å². The minimum atomic E-state index is -1.09. The van der Waals surface area contributed by atoms with E-state index in [1.165, 1.54) is 0 Å². The van der Waals surface area contributed by atoms with Crippen molar-refractivity contribution in [2.45, 2.75) is 58.3 Å². The summed E-state index contributed by atoms with van der Waals surface area (Å²) in [5.74, 6) is 0. The van der Waals surface area contributed by atoms with E-state index in [0.717, 1.165) is 0 Å². The second kappa shape index (κ2) is 4.45. The van der Waals surface area contributed by atoms with Gasteiger partial charge in [-0.05, 0) is 47.6 Å². The quantitative estimate of drug-likeness (QED) is 0.789. The Labute approximate surface area is 119 Å². The number of aromatic nitrogens is 1. The van der Waals surface area contributed by atoms with Crippen molar-refractivity contribution in [1.82, 2.24) is 4.98 Å². The molecule has 2 heterocycles. The maximum Gasteiger partial charge on any atom is 0.500 e. The Morgan fingerprint density at radius 2 is 1.65 bits per heavy atom. The first-order chi connectivity index (χ1) is 8.94. The second-order valence-corrected chi connectivity index (χ2v) is 6.80. The third kappa shape index (κ3) is 2.55. The van der Waals surface area contributed by atoms with Crippen LogP contribution in [0.2, 0.25) is 0 Å². The zero-order valence-electron chi connectivity index (χ0n) is 12.9. The average Bonchev–Trinajstić information content (AvgIpc) is 2.46. The summed E-state index contributed by atoms with van der Waals surface area (Å²) < 4.78 is 11.7. The molecule has 0 radical (unpaired) electrons. The highest BCUT2D eigenvalue weighted by Crippen LogP contribution is 2.36. The van der Waals surface area contributed by atoms with Crippen molar-refractivity contribution in [2.75, 3.05) is 0 Å². The van der Waals surface area contributed by atoms with Gasteiger partial charge in [-0.3, -0.25) is 4.79 Å². The molecule has 1 aromatic rings. The van der Waals surface area contributed by atoms with Crippen molar-refractivity contribution in [2.24, 2.45) is 0 Å². The van der Waals surface area contributed by atoms with Gasteiger partial charge in [0.1, 0.15) is 0 Å². The molecule has 6 heteroatoms. The number of hydrogen-bond donors (Lipinski definition) is 2. The lowest BCUT2D eigenvalue weighted by Gasteiger charge is -2.32. The average molecular weight is 279 g/mol. The van der Waals surface area contributed by atoms with Gasteiger partial charge < -0.3 is 19.4 Å². The Kier molecular flexibility index (Phi) is 3.40. The molecule has 0 aromatic carbocycles. The van der Waals surface area contributed by atoms with Crippen molar-refractivity contribution in [3.63, 3.8) is 0 Å². The topological polar surface area (TPSA) is 71.5 Å². The zero-order valence-corrected chi connectivity index (χ0v) is 12.9. The van der Waals surface area contributed by atoms with Crippen molar-refractivity contribution in [3.8, 4) is 0 Å². The fraction of sp³-hybridized carbons (Fsp3) is 0.643. The predicted molar refractivity (Wildman–Crippen MR) is 78.0 cm³/mol. The van der Waals surface area contributed by atoms with E-state index in [9.17, 15) is 9.90 Å². The normalized spacial score (nSPS) is 21.2. The Balaban J connectivity index is 2.35. The summed E-state index contributed by atoms with van der Waals surface area (Å²) in [7, 11) is -0.695. The summed E-state index contributed by atoms with van der Waals surface area (Å²) in [6, 6.07) is 3.33. The fourth-order valence-electron chi connectivity index (χ4n) is 2.00. The van der Waals surface area contributed by atoms with Gasteiger partial charge in [-0.2, -0.15) is 0 Å². The molecule has 0 aliphatic carbocycles. The molecule has 1 aromatic heterocycles. The molecule has 0 atom stereocenters. The summed E-state index contributed by atoms with van der Waals surface area (Å²) in [5.41, 5.74) is -1.49. The highest BCUT2D eigenvalue weighted by Gasteiger charge is 2.52. The van der Waals surface area contributed by atoms with E-state index in [1.807, 2.05) is 27.7 Å². The molecule has 0 saturated carbocycles. The summed E-state index contributed by atoms with van der Waals surface area (Å²) in [5, 5.41) is 9.90. The van der Waals surface area contributed by atoms with Crippen LogP contribution in [0.3, 0.4) is 0 Å². The second-order valence-electron chi connectivity index (χ2n) is 6.80. The summed E-state index contributed by atoms with van der Waals surface area (Å²) in [6.45, 7) is 11.0. The van der Waals surface area contributed by atoms with Crippen LogP contribution in [0.5, 0.6) is 0 Å².